The number of anilines is 1. The Labute approximate surface area is 144 Å². The third kappa shape index (κ3) is 3.19. The molecular weight excluding hydrogens is 321 g/mol. The molecule has 0 saturated carbocycles. The summed E-state index contributed by atoms with van der Waals surface area (Å²) >= 11 is 0. The second-order valence-corrected chi connectivity index (χ2v) is 6.37. The Balaban J connectivity index is 1.38. The van der Waals surface area contributed by atoms with Gasteiger partial charge in [-0.25, -0.2) is 9.49 Å². The molecule has 0 spiro atoms. The number of nitrogens with one attached hydrogen (secondary N) is 3. The quantitative estimate of drug-likeness (QED) is 0.719. The fourth-order valence-corrected chi connectivity index (χ4v) is 3.42. The lowest BCUT2D eigenvalue weighted by Crippen LogP contribution is -2.34. The predicted octanol–water partition coefficient (Wildman–Crippen LogP) is 2.61. The molecule has 2 aliphatic carbocycles. The number of nitrogens with zero attached hydrogens (tertiary/aromatic N) is 2. The van der Waals surface area contributed by atoms with Crippen LogP contribution in [0, 0.1) is 0 Å². The van der Waals surface area contributed by atoms with E-state index >= 15 is 0 Å². The van der Waals surface area contributed by atoms with E-state index in [0.717, 1.165) is 36.2 Å². The summed E-state index contributed by atoms with van der Waals surface area (Å²) in [6, 6.07) is -0.0655. The van der Waals surface area contributed by atoms with E-state index in [-0.39, 0.29) is 17.4 Å². The Kier molecular flexibility index (Phi) is 4.31. The van der Waals surface area contributed by atoms with E-state index in [1.165, 1.54) is 0 Å². The van der Waals surface area contributed by atoms with Gasteiger partial charge < -0.3 is 10.6 Å². The van der Waals surface area contributed by atoms with Gasteiger partial charge in [-0.15, -0.1) is 0 Å². The molecule has 2 heterocycles. The van der Waals surface area contributed by atoms with Gasteiger partial charge in [0, 0.05) is 11.1 Å². The Bertz CT molecular complexity index is 865. The number of aromatic nitrogens is 2. The van der Waals surface area contributed by atoms with E-state index < -0.39 is 0 Å². The van der Waals surface area contributed by atoms with Crippen molar-refractivity contribution in [1.82, 2.24) is 15.5 Å². The van der Waals surface area contributed by atoms with Crippen LogP contribution in [0.25, 0.3) is 6.08 Å². The van der Waals surface area contributed by atoms with E-state index in [1.54, 1.807) is 6.08 Å². The number of rotatable bonds is 5. The van der Waals surface area contributed by atoms with Crippen LogP contribution in [0.3, 0.4) is 0 Å². The zero-order valence-electron chi connectivity index (χ0n) is 13.8. The molecule has 0 amide bonds. The number of H-pyrrole nitrogens is 1. The molecule has 0 saturated heterocycles. The maximum Gasteiger partial charge on any atom is 0.271 e. The minimum Gasteiger partial charge on any atom is -0.326 e. The van der Waals surface area contributed by atoms with Gasteiger partial charge in [-0.3, -0.25) is 9.79 Å². The van der Waals surface area contributed by atoms with Crippen molar-refractivity contribution in [3.8, 4) is 0 Å². The number of aromatic amines is 1. The monoisotopic (exact) mass is 341 g/mol. The van der Waals surface area contributed by atoms with Gasteiger partial charge in [0.05, 0.1) is 12.6 Å². The fourth-order valence-electron chi connectivity index (χ4n) is 3.42. The maximum absolute atomic E-state index is 13.7. The van der Waals surface area contributed by atoms with Crippen LogP contribution in [0.1, 0.15) is 42.9 Å². The molecule has 1 aliphatic heterocycles. The second kappa shape index (κ2) is 6.76. The molecule has 6 nitrogen and oxygen atoms in total. The number of amidine groups is 1. The molecule has 1 atom stereocenters. The van der Waals surface area contributed by atoms with Crippen LogP contribution < -0.4 is 16.2 Å². The first-order valence-corrected chi connectivity index (χ1v) is 8.61. The van der Waals surface area contributed by atoms with Crippen molar-refractivity contribution < 1.29 is 4.39 Å². The summed E-state index contributed by atoms with van der Waals surface area (Å²) < 4.78 is 13.7. The molecule has 1 aromatic heterocycles. The lowest BCUT2D eigenvalue weighted by atomic mass is 9.93. The normalized spacial score (nSPS) is 21.0. The number of allylic oxidation sites excluding steroid dienone is 3. The molecule has 1 unspecified atom stereocenters. The van der Waals surface area contributed by atoms with E-state index in [0.29, 0.717) is 30.9 Å². The topological polar surface area (TPSA) is 82.2 Å². The average Bonchev–Trinajstić information content (AvgIpc) is 2.63. The molecule has 1 aromatic rings. The van der Waals surface area contributed by atoms with Gasteiger partial charge in [0.2, 0.25) is 0 Å². The zero-order chi connectivity index (χ0) is 17.2. The Morgan fingerprint density at radius 3 is 3.08 bits per heavy atom. The zero-order valence-corrected chi connectivity index (χ0v) is 13.8. The van der Waals surface area contributed by atoms with Gasteiger partial charge in [-0.2, -0.15) is 5.10 Å². The number of halogens is 1. The van der Waals surface area contributed by atoms with Crippen molar-refractivity contribution in [2.45, 2.75) is 31.7 Å². The number of hydrogen-bond donors (Lipinski definition) is 3. The summed E-state index contributed by atoms with van der Waals surface area (Å²) in [5.41, 5.74) is 2.10. The molecule has 130 valence electrons. The fraction of sp³-hybridized carbons (Fsp3) is 0.389. The van der Waals surface area contributed by atoms with Gasteiger partial charge >= 0.3 is 0 Å². The highest BCUT2D eigenvalue weighted by Crippen LogP contribution is 2.35. The van der Waals surface area contributed by atoms with Crippen molar-refractivity contribution >= 4 is 17.7 Å². The molecule has 0 bridgehead atoms. The summed E-state index contributed by atoms with van der Waals surface area (Å²) in [6.45, 7) is 1.23. The van der Waals surface area contributed by atoms with Gasteiger partial charge in [-0.1, -0.05) is 18.2 Å². The maximum atomic E-state index is 13.7. The van der Waals surface area contributed by atoms with E-state index in [4.69, 9.17) is 4.99 Å². The van der Waals surface area contributed by atoms with Crippen LogP contribution in [0.2, 0.25) is 0 Å². The summed E-state index contributed by atoms with van der Waals surface area (Å²) in [7, 11) is 0. The third-order valence-electron chi connectivity index (χ3n) is 4.66. The van der Waals surface area contributed by atoms with Crippen LogP contribution in [0.4, 0.5) is 10.2 Å². The van der Waals surface area contributed by atoms with Crippen molar-refractivity contribution in [3.05, 3.63) is 51.1 Å². The van der Waals surface area contributed by atoms with Gasteiger partial charge in [0.25, 0.3) is 5.56 Å². The van der Waals surface area contributed by atoms with Crippen LogP contribution in [-0.4, -0.2) is 29.1 Å². The SMILES string of the molecule is O=c1[nH]nc2c3c1C=CCC3N=C(CNCCC1=CCCC=C1F)N2. The van der Waals surface area contributed by atoms with Gasteiger partial charge in [0.15, 0.2) is 5.82 Å². The first-order valence-electron chi connectivity index (χ1n) is 8.61. The lowest BCUT2D eigenvalue weighted by Gasteiger charge is -2.26. The Hall–Kier alpha value is -2.54. The smallest absolute Gasteiger partial charge is 0.271 e. The molecule has 0 fully saturated rings. The summed E-state index contributed by atoms with van der Waals surface area (Å²) in [5.74, 6) is 1.36. The molecule has 25 heavy (non-hydrogen) atoms. The summed E-state index contributed by atoms with van der Waals surface area (Å²) in [4.78, 5) is 16.6. The molecule has 0 aromatic carbocycles. The Morgan fingerprint density at radius 2 is 2.20 bits per heavy atom. The molecular formula is C18H20FN5O. The summed E-state index contributed by atoms with van der Waals surface area (Å²) in [6.07, 6.45) is 10.5. The standard InChI is InChI=1S/C18H20FN5O/c19-13-6-2-1-4-11(13)8-9-20-10-15-21-14-7-3-5-12-16(14)17(22-15)23-24-18(12)25/h3-6,14,20H,1-2,7-10H2,(H,24,25)(H,21,22,23). The Morgan fingerprint density at radius 1 is 1.32 bits per heavy atom. The first-order chi connectivity index (χ1) is 12.2. The van der Waals surface area contributed by atoms with E-state index in [9.17, 15) is 9.18 Å². The first kappa shape index (κ1) is 16.0. The lowest BCUT2D eigenvalue weighted by molar-refractivity contribution is 0.613. The highest BCUT2D eigenvalue weighted by molar-refractivity contribution is 5.99. The van der Waals surface area contributed by atoms with E-state index in [2.05, 4.69) is 20.8 Å². The summed E-state index contributed by atoms with van der Waals surface area (Å²) in [5, 5.41) is 13.1. The predicted molar refractivity (Wildman–Crippen MR) is 96.3 cm³/mol. The van der Waals surface area contributed by atoms with E-state index in [1.807, 2.05) is 18.2 Å². The molecule has 3 aliphatic rings. The van der Waals surface area contributed by atoms with Crippen LogP contribution >= 0.6 is 0 Å². The van der Waals surface area contributed by atoms with Crippen LogP contribution in [0.15, 0.2) is 39.4 Å². The number of aliphatic imine (C=N–C) groups is 1. The largest absolute Gasteiger partial charge is 0.326 e. The average molecular weight is 341 g/mol. The molecule has 4 rings (SSSR count). The molecule has 0 radical (unpaired) electrons. The minimum absolute atomic E-state index is 0.0655. The van der Waals surface area contributed by atoms with Crippen molar-refractivity contribution in [3.63, 3.8) is 0 Å². The minimum atomic E-state index is -0.186. The van der Waals surface area contributed by atoms with Crippen molar-refractivity contribution in [2.24, 2.45) is 4.99 Å². The van der Waals surface area contributed by atoms with Gasteiger partial charge in [-0.05, 0) is 43.9 Å². The van der Waals surface area contributed by atoms with Crippen LogP contribution in [-0.2, 0) is 0 Å². The van der Waals surface area contributed by atoms with Gasteiger partial charge in [0.1, 0.15) is 11.7 Å². The van der Waals surface area contributed by atoms with Crippen molar-refractivity contribution in [2.75, 3.05) is 18.4 Å². The third-order valence-corrected chi connectivity index (χ3v) is 4.66. The number of hydrogen-bond acceptors (Lipinski definition) is 5. The highest BCUT2D eigenvalue weighted by Gasteiger charge is 2.27. The molecule has 7 heteroatoms. The second-order valence-electron chi connectivity index (χ2n) is 6.37. The highest BCUT2D eigenvalue weighted by atomic mass is 19.1. The molecule has 3 N–H and O–H groups in total. The van der Waals surface area contributed by atoms with Crippen LogP contribution in [0.5, 0.6) is 0 Å². The van der Waals surface area contributed by atoms with Crippen molar-refractivity contribution in [1.29, 1.82) is 0 Å².